The van der Waals surface area contributed by atoms with E-state index in [1.165, 1.54) is 25.7 Å². The molecular formula is C12H19N3OS. The van der Waals surface area contributed by atoms with Crippen molar-refractivity contribution in [1.82, 2.24) is 15.6 Å². The monoisotopic (exact) mass is 253 g/mol. The van der Waals surface area contributed by atoms with Crippen LogP contribution in [0.25, 0.3) is 0 Å². The van der Waals surface area contributed by atoms with Crippen molar-refractivity contribution < 1.29 is 4.79 Å². The Balaban J connectivity index is 1.63. The Labute approximate surface area is 106 Å². The standard InChI is InChI=1S/C12H19N3OS/c1-9-13-6-11(17-9)7-15-12(16)8-14-10-4-2-3-5-10/h6,10,14H,2-5,7-8H2,1H3,(H,15,16). The third-order valence-electron chi connectivity index (χ3n) is 3.04. The van der Waals surface area contributed by atoms with Crippen LogP contribution in [0.1, 0.15) is 35.6 Å². The second kappa shape index (κ2) is 6.12. The van der Waals surface area contributed by atoms with Gasteiger partial charge in [0.15, 0.2) is 0 Å². The fraction of sp³-hybridized carbons (Fsp3) is 0.667. The number of carbonyl (C=O) groups excluding carboxylic acids is 1. The van der Waals surface area contributed by atoms with E-state index in [0.717, 1.165) is 9.88 Å². The van der Waals surface area contributed by atoms with Crippen LogP contribution in [0, 0.1) is 6.92 Å². The minimum atomic E-state index is 0.0722. The number of nitrogens with one attached hydrogen (secondary N) is 2. The van der Waals surface area contributed by atoms with Gasteiger partial charge >= 0.3 is 0 Å². The molecule has 0 bridgehead atoms. The predicted molar refractivity (Wildman–Crippen MR) is 69.0 cm³/mol. The van der Waals surface area contributed by atoms with E-state index in [9.17, 15) is 4.79 Å². The molecule has 1 aromatic heterocycles. The average molecular weight is 253 g/mol. The molecule has 1 saturated carbocycles. The minimum Gasteiger partial charge on any atom is -0.350 e. The number of aromatic nitrogens is 1. The van der Waals surface area contributed by atoms with E-state index in [2.05, 4.69) is 15.6 Å². The van der Waals surface area contributed by atoms with Crippen LogP contribution in [0.3, 0.4) is 0 Å². The van der Waals surface area contributed by atoms with Crippen LogP contribution in [0.5, 0.6) is 0 Å². The summed E-state index contributed by atoms with van der Waals surface area (Å²) in [6, 6.07) is 0.548. The lowest BCUT2D eigenvalue weighted by atomic mass is 10.2. The number of hydrogen-bond acceptors (Lipinski definition) is 4. The lowest BCUT2D eigenvalue weighted by Gasteiger charge is -2.11. The van der Waals surface area contributed by atoms with Crippen molar-refractivity contribution in [2.24, 2.45) is 0 Å². The van der Waals surface area contributed by atoms with Crippen LogP contribution in [-0.4, -0.2) is 23.5 Å². The molecule has 4 nitrogen and oxygen atoms in total. The summed E-state index contributed by atoms with van der Waals surface area (Å²) in [4.78, 5) is 16.9. The molecule has 1 amide bonds. The molecule has 0 radical (unpaired) electrons. The molecule has 1 aliphatic rings. The van der Waals surface area contributed by atoms with E-state index >= 15 is 0 Å². The summed E-state index contributed by atoms with van der Waals surface area (Å²) >= 11 is 1.63. The molecule has 1 aliphatic carbocycles. The topological polar surface area (TPSA) is 54.0 Å². The molecule has 1 aromatic rings. The minimum absolute atomic E-state index is 0.0722. The predicted octanol–water partition coefficient (Wildman–Crippen LogP) is 1.60. The van der Waals surface area contributed by atoms with Gasteiger partial charge in [-0.05, 0) is 19.8 Å². The molecule has 1 fully saturated rings. The van der Waals surface area contributed by atoms with Crippen LogP contribution >= 0.6 is 11.3 Å². The SMILES string of the molecule is Cc1ncc(CNC(=O)CNC2CCCC2)s1. The van der Waals surface area contributed by atoms with E-state index < -0.39 is 0 Å². The highest BCUT2D eigenvalue weighted by molar-refractivity contribution is 7.11. The fourth-order valence-corrected chi connectivity index (χ4v) is 2.84. The number of rotatable bonds is 5. The summed E-state index contributed by atoms with van der Waals surface area (Å²) in [5, 5.41) is 7.24. The number of hydrogen-bond donors (Lipinski definition) is 2. The molecule has 2 N–H and O–H groups in total. The summed E-state index contributed by atoms with van der Waals surface area (Å²) in [6.07, 6.45) is 6.83. The van der Waals surface area contributed by atoms with Gasteiger partial charge < -0.3 is 10.6 Å². The lowest BCUT2D eigenvalue weighted by Crippen LogP contribution is -2.37. The van der Waals surface area contributed by atoms with E-state index in [0.29, 0.717) is 19.1 Å². The highest BCUT2D eigenvalue weighted by atomic mass is 32.1. The first-order chi connectivity index (χ1) is 8.24. The molecule has 2 rings (SSSR count). The van der Waals surface area contributed by atoms with Crippen molar-refractivity contribution >= 4 is 17.2 Å². The molecule has 0 atom stereocenters. The third-order valence-corrected chi connectivity index (χ3v) is 3.95. The summed E-state index contributed by atoms with van der Waals surface area (Å²) < 4.78 is 0. The van der Waals surface area contributed by atoms with E-state index in [-0.39, 0.29) is 5.91 Å². The van der Waals surface area contributed by atoms with Crippen molar-refractivity contribution in [2.45, 2.75) is 45.2 Å². The van der Waals surface area contributed by atoms with Gasteiger partial charge in [0.25, 0.3) is 0 Å². The smallest absolute Gasteiger partial charge is 0.234 e. The number of thiazole rings is 1. The van der Waals surface area contributed by atoms with Gasteiger partial charge in [-0.3, -0.25) is 4.79 Å². The van der Waals surface area contributed by atoms with Crippen molar-refractivity contribution in [3.05, 3.63) is 16.1 Å². The van der Waals surface area contributed by atoms with Crippen LogP contribution in [0.4, 0.5) is 0 Å². The van der Waals surface area contributed by atoms with Gasteiger partial charge in [-0.2, -0.15) is 0 Å². The summed E-state index contributed by atoms with van der Waals surface area (Å²) in [5.41, 5.74) is 0. The first-order valence-corrected chi connectivity index (χ1v) is 6.97. The van der Waals surface area contributed by atoms with Crippen molar-refractivity contribution in [2.75, 3.05) is 6.54 Å². The Morgan fingerprint density at radius 3 is 2.94 bits per heavy atom. The quantitative estimate of drug-likeness (QED) is 0.838. The molecule has 94 valence electrons. The first kappa shape index (κ1) is 12.5. The lowest BCUT2D eigenvalue weighted by molar-refractivity contribution is -0.120. The second-order valence-corrected chi connectivity index (χ2v) is 5.80. The van der Waals surface area contributed by atoms with Gasteiger partial charge in [0, 0.05) is 17.1 Å². The summed E-state index contributed by atoms with van der Waals surface area (Å²) in [7, 11) is 0. The largest absolute Gasteiger partial charge is 0.350 e. The second-order valence-electron chi connectivity index (χ2n) is 4.48. The van der Waals surface area contributed by atoms with Crippen LogP contribution in [0.2, 0.25) is 0 Å². The molecule has 0 aliphatic heterocycles. The van der Waals surface area contributed by atoms with Crippen LogP contribution in [0.15, 0.2) is 6.20 Å². The Morgan fingerprint density at radius 2 is 2.29 bits per heavy atom. The molecule has 0 unspecified atom stereocenters. The van der Waals surface area contributed by atoms with Gasteiger partial charge in [0.2, 0.25) is 5.91 Å². The van der Waals surface area contributed by atoms with Gasteiger partial charge in [-0.25, -0.2) is 4.98 Å². The van der Waals surface area contributed by atoms with Gasteiger partial charge in [0.1, 0.15) is 0 Å². The summed E-state index contributed by atoms with van der Waals surface area (Å²) in [5.74, 6) is 0.0722. The normalized spacial score (nSPS) is 16.3. The highest BCUT2D eigenvalue weighted by Gasteiger charge is 2.15. The van der Waals surface area contributed by atoms with Crippen LogP contribution < -0.4 is 10.6 Å². The van der Waals surface area contributed by atoms with Crippen molar-refractivity contribution in [3.8, 4) is 0 Å². The van der Waals surface area contributed by atoms with E-state index in [4.69, 9.17) is 0 Å². The zero-order chi connectivity index (χ0) is 12.1. The molecule has 0 aromatic carbocycles. The molecule has 17 heavy (non-hydrogen) atoms. The zero-order valence-electron chi connectivity index (χ0n) is 10.2. The molecule has 0 spiro atoms. The fourth-order valence-electron chi connectivity index (χ4n) is 2.10. The number of nitrogens with zero attached hydrogens (tertiary/aromatic N) is 1. The van der Waals surface area contributed by atoms with Gasteiger partial charge in [0.05, 0.1) is 18.1 Å². The number of carbonyl (C=O) groups is 1. The molecular weight excluding hydrogens is 234 g/mol. The maximum Gasteiger partial charge on any atom is 0.234 e. The maximum atomic E-state index is 11.6. The highest BCUT2D eigenvalue weighted by Crippen LogP contribution is 2.17. The van der Waals surface area contributed by atoms with Crippen LogP contribution in [-0.2, 0) is 11.3 Å². The van der Waals surface area contributed by atoms with E-state index in [1.54, 1.807) is 11.3 Å². The molecule has 5 heteroatoms. The first-order valence-electron chi connectivity index (χ1n) is 6.15. The Hall–Kier alpha value is -0.940. The van der Waals surface area contributed by atoms with Gasteiger partial charge in [-0.1, -0.05) is 12.8 Å². The zero-order valence-corrected chi connectivity index (χ0v) is 11.0. The van der Waals surface area contributed by atoms with E-state index in [1.807, 2.05) is 13.1 Å². The summed E-state index contributed by atoms with van der Waals surface area (Å²) in [6.45, 7) is 3.00. The third kappa shape index (κ3) is 4.09. The molecule has 0 saturated heterocycles. The Kier molecular flexibility index (Phi) is 4.50. The molecule has 1 heterocycles. The van der Waals surface area contributed by atoms with Crippen molar-refractivity contribution in [3.63, 3.8) is 0 Å². The maximum absolute atomic E-state index is 11.6. The number of aryl methyl sites for hydroxylation is 1. The average Bonchev–Trinajstić information content (AvgIpc) is 2.95. The Bertz CT molecular complexity index is 372. The number of amides is 1. The van der Waals surface area contributed by atoms with Gasteiger partial charge in [-0.15, -0.1) is 11.3 Å². The Morgan fingerprint density at radius 1 is 1.53 bits per heavy atom. The van der Waals surface area contributed by atoms with Crippen molar-refractivity contribution in [1.29, 1.82) is 0 Å².